The van der Waals surface area contributed by atoms with Gasteiger partial charge in [0, 0.05) is 22.6 Å². The van der Waals surface area contributed by atoms with Crippen LogP contribution in [0.3, 0.4) is 0 Å². The van der Waals surface area contributed by atoms with E-state index < -0.39 is 0 Å². The van der Waals surface area contributed by atoms with Crippen LogP contribution in [-0.2, 0) is 0 Å². The molecule has 3 unspecified atom stereocenters. The quantitative estimate of drug-likeness (QED) is 0.927. The van der Waals surface area contributed by atoms with Crippen LogP contribution < -0.4 is 5.73 Å². The molecular weight excluding hydrogens is 276 g/mol. The second-order valence-electron chi connectivity index (χ2n) is 5.09. The number of halogens is 1. The molecule has 2 nitrogen and oxygen atoms in total. The summed E-state index contributed by atoms with van der Waals surface area (Å²) < 4.78 is 1.13. The first kappa shape index (κ1) is 13.1. The third kappa shape index (κ3) is 2.90. The first-order chi connectivity index (χ1) is 8.09. The molecule has 0 spiro atoms. The molecule has 0 amide bonds. The van der Waals surface area contributed by atoms with Crippen molar-refractivity contribution in [3.8, 4) is 0 Å². The lowest BCUT2D eigenvalue weighted by Gasteiger charge is -2.34. The molecule has 1 saturated heterocycles. The normalized spacial score (nSPS) is 24.8. The van der Waals surface area contributed by atoms with Gasteiger partial charge in [0.25, 0.3) is 0 Å². The summed E-state index contributed by atoms with van der Waals surface area (Å²) in [5, 5.41) is 0. The lowest BCUT2D eigenvalue weighted by Crippen LogP contribution is -2.41. The first-order valence-corrected chi connectivity index (χ1v) is 7.15. The van der Waals surface area contributed by atoms with Crippen LogP contribution in [0.5, 0.6) is 0 Å². The maximum atomic E-state index is 6.20. The molecule has 2 rings (SSSR count). The van der Waals surface area contributed by atoms with Crippen molar-refractivity contribution in [1.82, 2.24) is 4.90 Å². The Bertz CT molecular complexity index is 378. The Hall–Kier alpha value is -0.380. The van der Waals surface area contributed by atoms with E-state index in [4.69, 9.17) is 5.73 Å². The van der Waals surface area contributed by atoms with Crippen LogP contribution in [0.25, 0.3) is 0 Å². The zero-order valence-corrected chi connectivity index (χ0v) is 12.2. The fourth-order valence-corrected chi connectivity index (χ4v) is 3.27. The Morgan fingerprint density at radius 3 is 2.76 bits per heavy atom. The van der Waals surface area contributed by atoms with Gasteiger partial charge in [-0.1, -0.05) is 28.1 Å². The summed E-state index contributed by atoms with van der Waals surface area (Å²) in [4.78, 5) is 2.55. The predicted octanol–water partition coefficient (Wildman–Crippen LogP) is 3.32. The molecule has 0 aliphatic carbocycles. The van der Waals surface area contributed by atoms with Gasteiger partial charge < -0.3 is 5.73 Å². The molecule has 0 bridgehead atoms. The van der Waals surface area contributed by atoms with Crippen molar-refractivity contribution in [2.24, 2.45) is 5.73 Å². The monoisotopic (exact) mass is 296 g/mol. The van der Waals surface area contributed by atoms with Gasteiger partial charge in [-0.15, -0.1) is 0 Å². The van der Waals surface area contributed by atoms with E-state index in [-0.39, 0.29) is 6.04 Å². The largest absolute Gasteiger partial charge is 0.326 e. The fourth-order valence-electron chi connectivity index (χ4n) is 2.86. The number of nitrogens with two attached hydrogens (primary N) is 1. The van der Waals surface area contributed by atoms with Crippen LogP contribution >= 0.6 is 15.9 Å². The molecule has 17 heavy (non-hydrogen) atoms. The van der Waals surface area contributed by atoms with Crippen LogP contribution in [0.2, 0.25) is 0 Å². The molecule has 0 aromatic heterocycles. The minimum Gasteiger partial charge on any atom is -0.326 e. The molecule has 94 valence electrons. The van der Waals surface area contributed by atoms with E-state index in [1.165, 1.54) is 24.9 Å². The number of nitrogens with zero attached hydrogens (tertiary/aromatic N) is 1. The number of hydrogen-bond acceptors (Lipinski definition) is 2. The fraction of sp³-hybridized carbons (Fsp3) is 0.571. The summed E-state index contributed by atoms with van der Waals surface area (Å²) >= 11 is 3.54. The molecule has 0 radical (unpaired) electrons. The third-order valence-corrected chi connectivity index (χ3v) is 4.14. The zero-order valence-electron chi connectivity index (χ0n) is 10.6. The molecule has 3 atom stereocenters. The Labute approximate surface area is 112 Å². The summed E-state index contributed by atoms with van der Waals surface area (Å²) in [6.45, 7) is 5.58. The van der Waals surface area contributed by atoms with E-state index in [1.807, 2.05) is 0 Å². The Morgan fingerprint density at radius 2 is 2.24 bits per heavy atom. The minimum atomic E-state index is 0.157. The van der Waals surface area contributed by atoms with Crippen molar-refractivity contribution in [3.63, 3.8) is 0 Å². The van der Waals surface area contributed by atoms with E-state index in [2.05, 4.69) is 58.9 Å². The van der Waals surface area contributed by atoms with E-state index in [1.54, 1.807) is 0 Å². The molecular formula is C14H21BrN2. The maximum Gasteiger partial charge on any atom is 0.0499 e. The van der Waals surface area contributed by atoms with Crippen LogP contribution in [0.1, 0.15) is 38.3 Å². The first-order valence-electron chi connectivity index (χ1n) is 6.36. The Balaban J connectivity index is 2.28. The lowest BCUT2D eigenvalue weighted by atomic mass is 9.98. The van der Waals surface area contributed by atoms with Crippen molar-refractivity contribution >= 4 is 15.9 Å². The molecule has 1 fully saturated rings. The van der Waals surface area contributed by atoms with Crippen molar-refractivity contribution in [2.75, 3.05) is 6.54 Å². The van der Waals surface area contributed by atoms with Gasteiger partial charge in [-0.2, -0.15) is 0 Å². The molecule has 1 aliphatic heterocycles. The predicted molar refractivity (Wildman–Crippen MR) is 75.9 cm³/mol. The van der Waals surface area contributed by atoms with Gasteiger partial charge in [0.2, 0.25) is 0 Å². The van der Waals surface area contributed by atoms with Gasteiger partial charge in [-0.3, -0.25) is 4.90 Å². The molecule has 1 aromatic carbocycles. The Kier molecular flexibility index (Phi) is 4.23. The molecule has 3 heteroatoms. The van der Waals surface area contributed by atoms with E-state index in [0.717, 1.165) is 4.47 Å². The summed E-state index contributed by atoms with van der Waals surface area (Å²) in [5.41, 5.74) is 7.53. The average Bonchev–Trinajstić information content (AvgIpc) is 2.65. The number of benzene rings is 1. The van der Waals surface area contributed by atoms with E-state index >= 15 is 0 Å². The standard InChI is InChI=1S/C14H21BrN2/c1-10-5-4-8-17(10)14(11(2)16)12-6-3-7-13(15)9-12/h3,6-7,9-11,14H,4-5,8,16H2,1-2H3. The molecule has 1 heterocycles. The second-order valence-corrected chi connectivity index (χ2v) is 6.00. The highest BCUT2D eigenvalue weighted by molar-refractivity contribution is 9.10. The van der Waals surface area contributed by atoms with Crippen molar-refractivity contribution in [3.05, 3.63) is 34.3 Å². The van der Waals surface area contributed by atoms with Gasteiger partial charge >= 0.3 is 0 Å². The van der Waals surface area contributed by atoms with Crippen LogP contribution in [-0.4, -0.2) is 23.5 Å². The average molecular weight is 297 g/mol. The summed E-state index contributed by atoms with van der Waals surface area (Å²) in [5.74, 6) is 0. The summed E-state index contributed by atoms with van der Waals surface area (Å²) in [6.07, 6.45) is 2.58. The van der Waals surface area contributed by atoms with E-state index in [9.17, 15) is 0 Å². The number of likely N-dealkylation sites (tertiary alicyclic amines) is 1. The number of rotatable bonds is 3. The molecule has 2 N–H and O–H groups in total. The maximum absolute atomic E-state index is 6.20. The van der Waals surface area contributed by atoms with Crippen LogP contribution in [0, 0.1) is 0 Å². The van der Waals surface area contributed by atoms with Crippen LogP contribution in [0.4, 0.5) is 0 Å². The van der Waals surface area contributed by atoms with Gasteiger partial charge in [0.1, 0.15) is 0 Å². The molecule has 1 aliphatic rings. The van der Waals surface area contributed by atoms with Gasteiger partial charge in [-0.25, -0.2) is 0 Å². The van der Waals surface area contributed by atoms with Crippen molar-refractivity contribution < 1.29 is 0 Å². The van der Waals surface area contributed by atoms with Gasteiger partial charge in [0.15, 0.2) is 0 Å². The zero-order chi connectivity index (χ0) is 12.4. The SMILES string of the molecule is CC(N)C(c1cccc(Br)c1)N1CCCC1C. The van der Waals surface area contributed by atoms with Gasteiger partial charge in [0.05, 0.1) is 0 Å². The topological polar surface area (TPSA) is 29.3 Å². The highest BCUT2D eigenvalue weighted by atomic mass is 79.9. The summed E-state index contributed by atoms with van der Waals surface area (Å²) in [6, 6.07) is 9.67. The van der Waals surface area contributed by atoms with Crippen LogP contribution in [0.15, 0.2) is 28.7 Å². The molecule has 0 saturated carbocycles. The highest BCUT2D eigenvalue weighted by Gasteiger charge is 2.30. The second kappa shape index (κ2) is 5.51. The number of hydrogen-bond donors (Lipinski definition) is 1. The Morgan fingerprint density at radius 1 is 1.47 bits per heavy atom. The highest BCUT2D eigenvalue weighted by Crippen LogP contribution is 2.32. The lowest BCUT2D eigenvalue weighted by molar-refractivity contribution is 0.170. The minimum absolute atomic E-state index is 0.157. The smallest absolute Gasteiger partial charge is 0.0499 e. The molecule has 1 aromatic rings. The van der Waals surface area contributed by atoms with Gasteiger partial charge in [-0.05, 0) is 50.9 Å². The third-order valence-electron chi connectivity index (χ3n) is 3.65. The summed E-state index contributed by atoms with van der Waals surface area (Å²) in [7, 11) is 0. The van der Waals surface area contributed by atoms with Crippen molar-refractivity contribution in [2.45, 2.75) is 44.8 Å². The van der Waals surface area contributed by atoms with Crippen molar-refractivity contribution in [1.29, 1.82) is 0 Å². The van der Waals surface area contributed by atoms with E-state index in [0.29, 0.717) is 12.1 Å².